The van der Waals surface area contributed by atoms with Crippen LogP contribution in [0.15, 0.2) is 46.4 Å². The number of aromatic hydroxyl groups is 1. The highest BCUT2D eigenvalue weighted by Crippen LogP contribution is 2.31. The SMILES string of the molecule is CCOc1cccc(/C=N\Nc2ccc([N+](=O)[O-])cc2S(=O)(=O)N2CCOCC2)c1O. The minimum Gasteiger partial charge on any atom is -0.504 e. The van der Waals surface area contributed by atoms with Crippen LogP contribution in [0.2, 0.25) is 0 Å². The third-order valence-electron chi connectivity index (χ3n) is 4.48. The zero-order valence-corrected chi connectivity index (χ0v) is 17.5. The number of morpholine rings is 1. The number of anilines is 1. The molecule has 0 amide bonds. The second-order valence-corrected chi connectivity index (χ2v) is 8.36. The summed E-state index contributed by atoms with van der Waals surface area (Å²) in [6.07, 6.45) is 1.30. The number of benzene rings is 2. The molecule has 0 radical (unpaired) electrons. The second-order valence-electron chi connectivity index (χ2n) is 6.45. The van der Waals surface area contributed by atoms with Gasteiger partial charge in [-0.1, -0.05) is 6.07 Å². The highest BCUT2D eigenvalue weighted by Gasteiger charge is 2.30. The monoisotopic (exact) mass is 450 g/mol. The smallest absolute Gasteiger partial charge is 0.270 e. The molecule has 1 fully saturated rings. The lowest BCUT2D eigenvalue weighted by atomic mass is 10.2. The Hall–Kier alpha value is -3.22. The number of phenolic OH excluding ortho intramolecular Hbond substituents is 1. The van der Waals surface area contributed by atoms with Gasteiger partial charge in [-0.15, -0.1) is 0 Å². The van der Waals surface area contributed by atoms with Gasteiger partial charge in [0.15, 0.2) is 11.5 Å². The molecule has 31 heavy (non-hydrogen) atoms. The van der Waals surface area contributed by atoms with Crippen LogP contribution >= 0.6 is 0 Å². The molecule has 0 bridgehead atoms. The third kappa shape index (κ3) is 5.10. The van der Waals surface area contributed by atoms with Crippen LogP contribution in [0.1, 0.15) is 12.5 Å². The Bertz CT molecular complexity index is 1080. The van der Waals surface area contributed by atoms with Gasteiger partial charge in [0.1, 0.15) is 4.90 Å². The average molecular weight is 450 g/mol. The molecule has 2 aromatic rings. The molecule has 2 N–H and O–H groups in total. The quantitative estimate of drug-likeness (QED) is 0.354. The number of nitro benzene ring substituents is 1. The summed E-state index contributed by atoms with van der Waals surface area (Å²) in [4.78, 5) is 10.2. The molecular weight excluding hydrogens is 428 g/mol. The molecule has 2 aromatic carbocycles. The number of ether oxygens (including phenoxy) is 2. The van der Waals surface area contributed by atoms with Crippen molar-refractivity contribution in [2.45, 2.75) is 11.8 Å². The van der Waals surface area contributed by atoms with Gasteiger partial charge in [0, 0.05) is 30.8 Å². The molecule has 11 nitrogen and oxygen atoms in total. The first-order valence-corrected chi connectivity index (χ1v) is 10.9. The standard InChI is InChI=1S/C19H22N4O7S/c1-2-30-17-5-3-4-14(19(17)24)13-20-21-16-7-6-15(23(25)26)12-18(16)31(27,28)22-8-10-29-11-9-22/h3-7,12-13,21,24H,2,8-11H2,1H3/b20-13-. The minimum absolute atomic E-state index is 0.0637. The summed E-state index contributed by atoms with van der Waals surface area (Å²) in [7, 11) is -4.02. The second kappa shape index (κ2) is 9.73. The van der Waals surface area contributed by atoms with Crippen molar-refractivity contribution in [1.29, 1.82) is 0 Å². The number of hydrogen-bond acceptors (Lipinski definition) is 9. The molecular formula is C19H22N4O7S. The summed E-state index contributed by atoms with van der Waals surface area (Å²) < 4.78 is 37.9. The maximum atomic E-state index is 13.1. The van der Waals surface area contributed by atoms with Crippen molar-refractivity contribution >= 4 is 27.6 Å². The van der Waals surface area contributed by atoms with E-state index in [2.05, 4.69) is 10.5 Å². The summed E-state index contributed by atoms with van der Waals surface area (Å²) in [6.45, 7) is 2.93. The highest BCUT2D eigenvalue weighted by molar-refractivity contribution is 7.89. The van der Waals surface area contributed by atoms with Gasteiger partial charge in [-0.2, -0.15) is 9.41 Å². The maximum Gasteiger partial charge on any atom is 0.270 e. The molecule has 12 heteroatoms. The largest absolute Gasteiger partial charge is 0.504 e. The van der Waals surface area contributed by atoms with E-state index in [-0.39, 0.29) is 54.1 Å². The van der Waals surface area contributed by atoms with Crippen LogP contribution in [-0.4, -0.2) is 61.9 Å². The van der Waals surface area contributed by atoms with Gasteiger partial charge in [-0.3, -0.25) is 15.5 Å². The fraction of sp³-hybridized carbons (Fsp3) is 0.316. The fourth-order valence-electron chi connectivity index (χ4n) is 2.94. The molecule has 0 aliphatic carbocycles. The number of phenols is 1. The van der Waals surface area contributed by atoms with Crippen LogP contribution in [0.5, 0.6) is 11.5 Å². The molecule has 1 saturated heterocycles. The molecule has 0 spiro atoms. The van der Waals surface area contributed by atoms with Gasteiger partial charge in [-0.05, 0) is 25.1 Å². The Balaban J connectivity index is 1.92. The molecule has 0 atom stereocenters. The predicted octanol–water partition coefficient (Wildman–Crippen LogP) is 2.17. The molecule has 1 aliphatic heterocycles. The van der Waals surface area contributed by atoms with E-state index < -0.39 is 14.9 Å². The van der Waals surface area contributed by atoms with Gasteiger partial charge in [0.2, 0.25) is 10.0 Å². The third-order valence-corrected chi connectivity index (χ3v) is 6.42. The molecule has 0 unspecified atom stereocenters. The number of nitrogens with one attached hydrogen (secondary N) is 1. The minimum atomic E-state index is -4.02. The summed E-state index contributed by atoms with van der Waals surface area (Å²) in [6, 6.07) is 8.34. The number of hydrogen-bond donors (Lipinski definition) is 2. The number of sulfonamides is 1. The number of hydrazone groups is 1. The van der Waals surface area contributed by atoms with Crippen molar-refractivity contribution in [2.75, 3.05) is 38.3 Å². The van der Waals surface area contributed by atoms with Crippen molar-refractivity contribution in [3.63, 3.8) is 0 Å². The van der Waals surface area contributed by atoms with Crippen molar-refractivity contribution in [1.82, 2.24) is 4.31 Å². The number of nitro groups is 1. The van der Waals surface area contributed by atoms with Gasteiger partial charge in [-0.25, -0.2) is 8.42 Å². The van der Waals surface area contributed by atoms with E-state index >= 15 is 0 Å². The van der Waals surface area contributed by atoms with Crippen LogP contribution in [0, 0.1) is 10.1 Å². The van der Waals surface area contributed by atoms with Crippen molar-refractivity contribution in [2.24, 2.45) is 5.10 Å². The van der Waals surface area contributed by atoms with Crippen LogP contribution in [0.25, 0.3) is 0 Å². The van der Waals surface area contributed by atoms with E-state index in [1.165, 1.54) is 22.7 Å². The topological polar surface area (TPSA) is 144 Å². The highest BCUT2D eigenvalue weighted by atomic mass is 32.2. The summed E-state index contributed by atoms with van der Waals surface area (Å²) in [5.41, 5.74) is 2.66. The fourth-order valence-corrected chi connectivity index (χ4v) is 4.51. The van der Waals surface area contributed by atoms with Gasteiger partial charge in [0.25, 0.3) is 5.69 Å². The molecule has 1 heterocycles. The van der Waals surface area contributed by atoms with Crippen molar-refractivity contribution in [3.05, 3.63) is 52.1 Å². The average Bonchev–Trinajstić information content (AvgIpc) is 2.77. The zero-order chi connectivity index (χ0) is 22.4. The number of nitrogens with zero attached hydrogens (tertiary/aromatic N) is 3. The Morgan fingerprint density at radius 1 is 1.32 bits per heavy atom. The Morgan fingerprint density at radius 2 is 2.06 bits per heavy atom. The lowest BCUT2D eigenvalue weighted by Gasteiger charge is -2.26. The first kappa shape index (κ1) is 22.5. The predicted molar refractivity (Wildman–Crippen MR) is 113 cm³/mol. The Labute approximate surface area is 179 Å². The van der Waals surface area contributed by atoms with E-state index in [9.17, 15) is 23.6 Å². The first-order chi connectivity index (χ1) is 14.8. The summed E-state index contributed by atoms with van der Waals surface area (Å²) in [5.74, 6) is 0.178. The molecule has 166 valence electrons. The molecule has 0 aromatic heterocycles. The lowest BCUT2D eigenvalue weighted by Crippen LogP contribution is -2.40. The Morgan fingerprint density at radius 3 is 2.74 bits per heavy atom. The van der Waals surface area contributed by atoms with E-state index in [4.69, 9.17) is 9.47 Å². The lowest BCUT2D eigenvalue weighted by molar-refractivity contribution is -0.385. The Kier molecular flexibility index (Phi) is 7.05. The first-order valence-electron chi connectivity index (χ1n) is 9.44. The zero-order valence-electron chi connectivity index (χ0n) is 16.7. The van der Waals surface area contributed by atoms with E-state index in [1.807, 2.05) is 0 Å². The van der Waals surface area contributed by atoms with Crippen LogP contribution in [-0.2, 0) is 14.8 Å². The van der Waals surface area contributed by atoms with Gasteiger partial charge < -0.3 is 14.6 Å². The molecule has 1 aliphatic rings. The molecule has 3 rings (SSSR count). The maximum absolute atomic E-state index is 13.1. The van der Waals surface area contributed by atoms with E-state index in [0.717, 1.165) is 6.07 Å². The number of para-hydroxylation sites is 1. The van der Waals surface area contributed by atoms with E-state index in [0.29, 0.717) is 12.2 Å². The van der Waals surface area contributed by atoms with Crippen molar-refractivity contribution < 1.29 is 27.9 Å². The van der Waals surface area contributed by atoms with Crippen molar-refractivity contribution in [3.8, 4) is 11.5 Å². The van der Waals surface area contributed by atoms with Crippen LogP contribution in [0.4, 0.5) is 11.4 Å². The summed E-state index contributed by atoms with van der Waals surface area (Å²) >= 11 is 0. The van der Waals surface area contributed by atoms with Crippen LogP contribution < -0.4 is 10.2 Å². The normalized spacial score (nSPS) is 15.1. The number of non-ortho nitro benzene ring substituents is 1. The molecule has 0 saturated carbocycles. The van der Waals surface area contributed by atoms with Gasteiger partial charge in [0.05, 0.1) is 36.6 Å². The summed E-state index contributed by atoms with van der Waals surface area (Å²) in [5, 5.41) is 25.4. The number of rotatable bonds is 8. The van der Waals surface area contributed by atoms with Crippen LogP contribution in [0.3, 0.4) is 0 Å². The van der Waals surface area contributed by atoms with Gasteiger partial charge >= 0.3 is 0 Å². The van der Waals surface area contributed by atoms with E-state index in [1.54, 1.807) is 25.1 Å².